The Kier molecular flexibility index (Phi) is 5.84. The maximum absolute atomic E-state index is 11.9. The summed E-state index contributed by atoms with van der Waals surface area (Å²) in [7, 11) is 0. The third-order valence-electron chi connectivity index (χ3n) is 4.54. The molecular formula is C20H23N3O3. The van der Waals surface area contributed by atoms with Crippen LogP contribution < -0.4 is 10.9 Å². The van der Waals surface area contributed by atoms with Crippen LogP contribution in [0.15, 0.2) is 48.8 Å². The van der Waals surface area contributed by atoms with Crippen LogP contribution in [0.3, 0.4) is 0 Å². The Morgan fingerprint density at radius 1 is 1.23 bits per heavy atom. The number of hydrazine groups is 1. The number of hydrogen-bond acceptors (Lipinski definition) is 5. The zero-order valence-corrected chi connectivity index (χ0v) is 14.8. The number of benzene rings is 1. The average Bonchev–Trinajstić information content (AvgIpc) is 2.65. The lowest BCUT2D eigenvalue weighted by Gasteiger charge is -2.27. The molecule has 2 N–H and O–H groups in total. The van der Waals surface area contributed by atoms with Gasteiger partial charge in [0.25, 0.3) is 0 Å². The zero-order valence-electron chi connectivity index (χ0n) is 14.8. The summed E-state index contributed by atoms with van der Waals surface area (Å²) in [6.07, 6.45) is 4.91. The highest BCUT2D eigenvalue weighted by Gasteiger charge is 2.27. The molecule has 136 valence electrons. The highest BCUT2D eigenvalue weighted by molar-refractivity contribution is 5.81. The molecule has 0 aliphatic heterocycles. The van der Waals surface area contributed by atoms with Crippen molar-refractivity contribution >= 4 is 17.6 Å². The van der Waals surface area contributed by atoms with Gasteiger partial charge >= 0.3 is 6.09 Å². The van der Waals surface area contributed by atoms with E-state index in [1.54, 1.807) is 12.4 Å². The van der Waals surface area contributed by atoms with E-state index in [1.807, 2.05) is 36.4 Å². The minimum atomic E-state index is -0.572. The summed E-state index contributed by atoms with van der Waals surface area (Å²) in [5, 5.41) is 0. The first-order chi connectivity index (χ1) is 12.6. The summed E-state index contributed by atoms with van der Waals surface area (Å²) >= 11 is 0. The summed E-state index contributed by atoms with van der Waals surface area (Å²) < 4.78 is 5.18. The molecule has 1 amide bonds. The molecule has 1 heterocycles. The van der Waals surface area contributed by atoms with E-state index < -0.39 is 6.09 Å². The van der Waals surface area contributed by atoms with Crippen molar-refractivity contribution in [2.45, 2.75) is 38.7 Å². The Labute approximate surface area is 152 Å². The quantitative estimate of drug-likeness (QED) is 0.799. The highest BCUT2D eigenvalue weighted by atomic mass is 16.6. The molecule has 6 heteroatoms. The summed E-state index contributed by atoms with van der Waals surface area (Å²) in [5.41, 5.74) is 8.01. The number of nitrogens with one attached hydrogen (secondary N) is 2. The van der Waals surface area contributed by atoms with Crippen LogP contribution in [0.5, 0.6) is 0 Å². The van der Waals surface area contributed by atoms with Gasteiger partial charge in [-0.25, -0.2) is 10.2 Å². The van der Waals surface area contributed by atoms with Gasteiger partial charge in [0, 0.05) is 19.0 Å². The largest absolute Gasteiger partial charge is 0.443 e. The summed E-state index contributed by atoms with van der Waals surface area (Å²) in [6.45, 7) is 2.29. The smallest absolute Gasteiger partial charge is 0.426 e. The number of carbonyl (C=O) groups is 2. The third-order valence-corrected chi connectivity index (χ3v) is 4.54. The lowest BCUT2D eigenvalue weighted by Crippen LogP contribution is -2.31. The number of carbonyl (C=O) groups excluding carboxylic acids is 2. The van der Waals surface area contributed by atoms with Gasteiger partial charge in [0.2, 0.25) is 0 Å². The van der Waals surface area contributed by atoms with Gasteiger partial charge in [-0.3, -0.25) is 15.2 Å². The Bertz CT molecular complexity index is 764. The number of nitrogens with zero attached hydrogens (tertiary/aromatic N) is 1. The molecule has 1 aromatic carbocycles. The number of Topliss-reactive ketones (excluding diaryl/α,β-unsaturated/α-hetero) is 1. The topological polar surface area (TPSA) is 80.3 Å². The molecule has 1 aromatic heterocycles. The molecule has 0 radical (unpaired) electrons. The van der Waals surface area contributed by atoms with Crippen LogP contribution in [0.2, 0.25) is 0 Å². The minimum Gasteiger partial charge on any atom is -0.443 e. The van der Waals surface area contributed by atoms with E-state index in [1.165, 1.54) is 0 Å². The molecule has 1 saturated carbocycles. The van der Waals surface area contributed by atoms with Crippen LogP contribution in [0.25, 0.3) is 0 Å². The van der Waals surface area contributed by atoms with E-state index in [-0.39, 0.29) is 18.3 Å². The zero-order chi connectivity index (χ0) is 18.4. The van der Waals surface area contributed by atoms with Crippen LogP contribution in [0, 0.1) is 5.92 Å². The predicted molar refractivity (Wildman–Crippen MR) is 98.4 cm³/mol. The Morgan fingerprint density at radius 3 is 2.81 bits per heavy atom. The van der Waals surface area contributed by atoms with Crippen LogP contribution >= 0.6 is 0 Å². The van der Waals surface area contributed by atoms with E-state index in [0.29, 0.717) is 24.4 Å². The molecule has 3 rings (SSSR count). The van der Waals surface area contributed by atoms with Gasteiger partial charge in [-0.1, -0.05) is 37.3 Å². The van der Waals surface area contributed by atoms with Crippen LogP contribution in [0.4, 0.5) is 10.5 Å². The van der Waals surface area contributed by atoms with Crippen LogP contribution in [0.1, 0.15) is 43.2 Å². The molecule has 1 aliphatic carbocycles. The first kappa shape index (κ1) is 17.9. The first-order valence-corrected chi connectivity index (χ1v) is 8.80. The molecule has 26 heavy (non-hydrogen) atoms. The molecule has 0 unspecified atom stereocenters. The van der Waals surface area contributed by atoms with E-state index >= 15 is 0 Å². The second-order valence-corrected chi connectivity index (χ2v) is 6.76. The summed E-state index contributed by atoms with van der Waals surface area (Å²) in [5.74, 6) is 0.789. The third kappa shape index (κ3) is 4.81. The number of aromatic nitrogens is 1. The van der Waals surface area contributed by atoms with Gasteiger partial charge in [0.15, 0.2) is 0 Å². The van der Waals surface area contributed by atoms with E-state index in [9.17, 15) is 9.59 Å². The second-order valence-electron chi connectivity index (χ2n) is 6.76. The molecule has 6 nitrogen and oxygen atoms in total. The molecular weight excluding hydrogens is 330 g/mol. The van der Waals surface area contributed by atoms with Crippen LogP contribution in [-0.4, -0.2) is 16.9 Å². The fraction of sp³-hybridized carbons (Fsp3) is 0.350. The fourth-order valence-corrected chi connectivity index (χ4v) is 3.38. The first-order valence-electron chi connectivity index (χ1n) is 8.80. The maximum atomic E-state index is 11.9. The molecule has 0 saturated heterocycles. The molecule has 1 fully saturated rings. The SMILES string of the molecule is C[C@@H]1CC(=O)C[C@H](c2ccncc2NNC(=O)OCc2ccccc2)C1. The second kappa shape index (κ2) is 8.47. The lowest BCUT2D eigenvalue weighted by molar-refractivity contribution is -0.121. The average molecular weight is 353 g/mol. The lowest BCUT2D eigenvalue weighted by atomic mass is 9.78. The number of ketones is 1. The molecule has 0 spiro atoms. The standard InChI is InChI=1S/C20H23N3O3/c1-14-9-16(11-17(24)10-14)18-7-8-21-12-19(18)22-23-20(25)26-13-15-5-3-2-4-6-15/h2-8,12,14,16,22H,9-11,13H2,1H3,(H,23,25)/t14-,16+/m0/s1. The van der Waals surface area contributed by atoms with Crippen molar-refractivity contribution in [3.63, 3.8) is 0 Å². The predicted octanol–water partition coefficient (Wildman–Crippen LogP) is 3.81. The van der Waals surface area contributed by atoms with Crippen molar-refractivity contribution in [1.82, 2.24) is 10.4 Å². The number of anilines is 1. The van der Waals surface area contributed by atoms with Gasteiger partial charge < -0.3 is 4.74 Å². The van der Waals surface area contributed by atoms with Gasteiger partial charge in [0.1, 0.15) is 12.4 Å². The maximum Gasteiger partial charge on any atom is 0.426 e. The molecule has 2 aromatic rings. The van der Waals surface area contributed by atoms with Gasteiger partial charge in [-0.2, -0.15) is 0 Å². The van der Waals surface area contributed by atoms with Crippen LogP contribution in [-0.2, 0) is 16.1 Å². The normalized spacial score (nSPS) is 19.7. The summed E-state index contributed by atoms with van der Waals surface area (Å²) in [4.78, 5) is 27.9. The fourth-order valence-electron chi connectivity index (χ4n) is 3.38. The number of ether oxygens (including phenoxy) is 1. The van der Waals surface area contributed by atoms with Gasteiger partial charge in [-0.05, 0) is 35.4 Å². The van der Waals surface area contributed by atoms with Crippen molar-refractivity contribution < 1.29 is 14.3 Å². The summed E-state index contributed by atoms with van der Waals surface area (Å²) in [6, 6.07) is 11.4. The molecule has 2 atom stereocenters. The van der Waals surface area contributed by atoms with Crippen molar-refractivity contribution in [3.05, 3.63) is 59.9 Å². The Morgan fingerprint density at radius 2 is 2.04 bits per heavy atom. The number of hydrogen-bond donors (Lipinski definition) is 2. The number of amides is 1. The number of rotatable bonds is 5. The van der Waals surface area contributed by atoms with Crippen molar-refractivity contribution in [3.8, 4) is 0 Å². The van der Waals surface area contributed by atoms with Crippen molar-refractivity contribution in [1.29, 1.82) is 0 Å². The molecule has 1 aliphatic rings. The van der Waals surface area contributed by atoms with E-state index in [2.05, 4.69) is 22.8 Å². The van der Waals surface area contributed by atoms with Crippen molar-refractivity contribution in [2.24, 2.45) is 5.92 Å². The van der Waals surface area contributed by atoms with E-state index in [4.69, 9.17) is 4.74 Å². The highest BCUT2D eigenvalue weighted by Crippen LogP contribution is 2.37. The van der Waals surface area contributed by atoms with Gasteiger partial charge in [0.05, 0.1) is 11.9 Å². The Balaban J connectivity index is 1.58. The number of pyridine rings is 1. The van der Waals surface area contributed by atoms with Gasteiger partial charge in [-0.15, -0.1) is 0 Å². The van der Waals surface area contributed by atoms with E-state index in [0.717, 1.165) is 17.5 Å². The Hall–Kier alpha value is -2.89. The monoisotopic (exact) mass is 353 g/mol. The van der Waals surface area contributed by atoms with Crippen molar-refractivity contribution in [2.75, 3.05) is 5.43 Å². The molecule has 0 bridgehead atoms. The minimum absolute atomic E-state index is 0.138.